The van der Waals surface area contributed by atoms with Crippen LogP contribution in [0.1, 0.15) is 25.3 Å². The second-order valence-corrected chi connectivity index (χ2v) is 7.77. The molecule has 0 bridgehead atoms. The lowest BCUT2D eigenvalue weighted by Crippen LogP contribution is -2.54. The third-order valence-electron chi connectivity index (χ3n) is 5.10. The van der Waals surface area contributed by atoms with E-state index < -0.39 is 0 Å². The van der Waals surface area contributed by atoms with Crippen molar-refractivity contribution in [1.82, 2.24) is 20.4 Å². The van der Waals surface area contributed by atoms with E-state index in [0.717, 1.165) is 50.7 Å². The van der Waals surface area contributed by atoms with E-state index in [1.54, 1.807) is 0 Å². The molecule has 3 rings (SSSR count). The molecular weight excluding hydrogens is 481 g/mol. The molecule has 2 N–H and O–H groups in total. The highest BCUT2D eigenvalue weighted by molar-refractivity contribution is 14.0. The Labute approximate surface area is 191 Å². The first-order valence-corrected chi connectivity index (χ1v) is 10.2. The molecule has 1 aliphatic heterocycles. The zero-order chi connectivity index (χ0) is 19.9. The minimum Gasteiger partial charge on any atom is -0.489 e. The number of carbonyl (C=O) groups is 1. The van der Waals surface area contributed by atoms with Gasteiger partial charge in [0.2, 0.25) is 5.91 Å². The molecule has 1 amide bonds. The van der Waals surface area contributed by atoms with Gasteiger partial charge in [-0.2, -0.15) is 0 Å². The van der Waals surface area contributed by atoms with Crippen molar-refractivity contribution in [2.75, 3.05) is 46.3 Å². The lowest BCUT2D eigenvalue weighted by atomic mass is 10.2. The number of nitrogens with one attached hydrogen (secondary N) is 2. The van der Waals surface area contributed by atoms with E-state index in [4.69, 9.17) is 4.74 Å². The molecule has 8 heteroatoms. The number of rotatable bonds is 7. The number of ether oxygens (including phenoxy) is 1. The van der Waals surface area contributed by atoms with E-state index in [1.165, 1.54) is 5.56 Å². The Balaban J connectivity index is 0.00000300. The Morgan fingerprint density at radius 3 is 2.45 bits per heavy atom. The van der Waals surface area contributed by atoms with Gasteiger partial charge in [-0.3, -0.25) is 14.7 Å². The highest BCUT2D eigenvalue weighted by atomic mass is 127. The zero-order valence-electron chi connectivity index (χ0n) is 17.7. The monoisotopic (exact) mass is 515 g/mol. The highest BCUT2D eigenvalue weighted by Gasteiger charge is 2.26. The number of halogens is 1. The fourth-order valence-corrected chi connectivity index (χ4v) is 3.28. The van der Waals surface area contributed by atoms with Crippen molar-refractivity contribution in [3.05, 3.63) is 29.8 Å². The predicted octanol–water partition coefficient (Wildman–Crippen LogP) is 1.85. The highest BCUT2D eigenvalue weighted by Crippen LogP contribution is 2.18. The number of hydrogen-bond acceptors (Lipinski definition) is 4. The summed E-state index contributed by atoms with van der Waals surface area (Å²) in [5, 5.41) is 6.47. The van der Waals surface area contributed by atoms with Gasteiger partial charge in [0.05, 0.1) is 13.1 Å². The van der Waals surface area contributed by atoms with Crippen molar-refractivity contribution < 1.29 is 9.53 Å². The quantitative estimate of drug-likeness (QED) is 0.330. The Morgan fingerprint density at radius 1 is 1.21 bits per heavy atom. The van der Waals surface area contributed by atoms with Crippen molar-refractivity contribution in [3.63, 3.8) is 0 Å². The number of guanidine groups is 1. The first kappa shape index (κ1) is 23.7. The summed E-state index contributed by atoms with van der Waals surface area (Å²) in [6.07, 6.45) is 2.30. The summed E-state index contributed by atoms with van der Waals surface area (Å²) < 4.78 is 5.96. The van der Waals surface area contributed by atoms with Gasteiger partial charge in [-0.25, -0.2) is 0 Å². The van der Waals surface area contributed by atoms with Gasteiger partial charge in [-0.15, -0.1) is 24.0 Å². The molecule has 1 aromatic rings. The molecule has 1 atom stereocenters. The van der Waals surface area contributed by atoms with Crippen molar-refractivity contribution in [2.45, 2.75) is 38.8 Å². The van der Waals surface area contributed by atoms with Gasteiger partial charge in [0.1, 0.15) is 11.9 Å². The van der Waals surface area contributed by atoms with E-state index in [1.807, 2.05) is 19.2 Å². The zero-order valence-corrected chi connectivity index (χ0v) is 20.0. The van der Waals surface area contributed by atoms with Crippen LogP contribution in [0.5, 0.6) is 5.75 Å². The molecule has 1 heterocycles. The minimum atomic E-state index is 0. The van der Waals surface area contributed by atoms with Crippen LogP contribution in [0.4, 0.5) is 0 Å². The largest absolute Gasteiger partial charge is 0.489 e. The third kappa shape index (κ3) is 8.00. The maximum Gasteiger partial charge on any atom is 0.234 e. The number of nitrogens with zero attached hydrogens (tertiary/aromatic N) is 3. The summed E-state index contributed by atoms with van der Waals surface area (Å²) >= 11 is 0. The van der Waals surface area contributed by atoms with Crippen LogP contribution >= 0.6 is 24.0 Å². The van der Waals surface area contributed by atoms with Crippen LogP contribution in [0.15, 0.2) is 29.3 Å². The SMILES string of the molecule is CN=C(NCC(C)Oc1ccc(C)cc1)N1CCN(CC(=O)NC2CC2)CC1.I. The lowest BCUT2D eigenvalue weighted by molar-refractivity contribution is -0.122. The van der Waals surface area contributed by atoms with Gasteiger partial charge in [-0.1, -0.05) is 17.7 Å². The van der Waals surface area contributed by atoms with Gasteiger partial charge in [0, 0.05) is 39.3 Å². The topological polar surface area (TPSA) is 69.2 Å². The summed E-state index contributed by atoms with van der Waals surface area (Å²) in [4.78, 5) is 20.8. The number of carbonyl (C=O) groups excluding carboxylic acids is 1. The van der Waals surface area contributed by atoms with E-state index in [-0.39, 0.29) is 36.0 Å². The molecule has 29 heavy (non-hydrogen) atoms. The molecule has 0 radical (unpaired) electrons. The molecule has 0 aromatic heterocycles. The summed E-state index contributed by atoms with van der Waals surface area (Å²) in [6, 6.07) is 8.54. The maximum atomic E-state index is 12.0. The lowest BCUT2D eigenvalue weighted by Gasteiger charge is -2.36. The van der Waals surface area contributed by atoms with E-state index in [2.05, 4.69) is 51.4 Å². The van der Waals surface area contributed by atoms with Gasteiger partial charge in [0.25, 0.3) is 0 Å². The van der Waals surface area contributed by atoms with Crippen LogP contribution in [0.2, 0.25) is 0 Å². The van der Waals surface area contributed by atoms with E-state index in [0.29, 0.717) is 19.1 Å². The van der Waals surface area contributed by atoms with Crippen LogP contribution in [-0.2, 0) is 4.79 Å². The molecule has 162 valence electrons. The minimum absolute atomic E-state index is 0. The van der Waals surface area contributed by atoms with Crippen molar-refractivity contribution in [1.29, 1.82) is 0 Å². The van der Waals surface area contributed by atoms with Crippen LogP contribution in [0, 0.1) is 6.92 Å². The van der Waals surface area contributed by atoms with Gasteiger partial charge in [-0.05, 0) is 38.8 Å². The van der Waals surface area contributed by atoms with Crippen molar-refractivity contribution in [3.8, 4) is 5.75 Å². The summed E-state index contributed by atoms with van der Waals surface area (Å²) in [6.45, 7) is 8.77. The number of piperazine rings is 1. The van der Waals surface area contributed by atoms with Crippen LogP contribution < -0.4 is 15.4 Å². The smallest absolute Gasteiger partial charge is 0.234 e. The maximum absolute atomic E-state index is 12.0. The molecule has 1 aliphatic carbocycles. The normalized spacial score (nSPS) is 18.6. The second-order valence-electron chi connectivity index (χ2n) is 7.77. The Kier molecular flexibility index (Phi) is 9.48. The predicted molar refractivity (Wildman–Crippen MR) is 127 cm³/mol. The molecule has 1 saturated heterocycles. The first-order valence-electron chi connectivity index (χ1n) is 10.2. The third-order valence-corrected chi connectivity index (χ3v) is 5.10. The number of aliphatic imine (C=N–C) groups is 1. The fourth-order valence-electron chi connectivity index (χ4n) is 3.28. The van der Waals surface area contributed by atoms with Crippen molar-refractivity contribution in [2.24, 2.45) is 4.99 Å². The van der Waals surface area contributed by atoms with Gasteiger partial charge in [0.15, 0.2) is 5.96 Å². The van der Waals surface area contributed by atoms with Gasteiger partial charge >= 0.3 is 0 Å². The number of hydrogen-bond donors (Lipinski definition) is 2. The molecular formula is C21H34IN5O2. The molecule has 2 fully saturated rings. The number of amides is 1. The Morgan fingerprint density at radius 2 is 1.86 bits per heavy atom. The second kappa shape index (κ2) is 11.6. The first-order chi connectivity index (χ1) is 13.5. The molecule has 7 nitrogen and oxygen atoms in total. The average molecular weight is 515 g/mol. The average Bonchev–Trinajstić information content (AvgIpc) is 3.49. The fraction of sp³-hybridized carbons (Fsp3) is 0.619. The molecule has 1 saturated carbocycles. The van der Waals surface area contributed by atoms with Crippen LogP contribution in [0.25, 0.3) is 0 Å². The molecule has 1 unspecified atom stereocenters. The van der Waals surface area contributed by atoms with E-state index >= 15 is 0 Å². The summed E-state index contributed by atoms with van der Waals surface area (Å²) in [5.41, 5.74) is 1.22. The number of benzene rings is 1. The summed E-state index contributed by atoms with van der Waals surface area (Å²) in [7, 11) is 1.81. The number of aryl methyl sites for hydroxylation is 1. The summed E-state index contributed by atoms with van der Waals surface area (Å²) in [5.74, 6) is 1.93. The van der Waals surface area contributed by atoms with Crippen molar-refractivity contribution >= 4 is 35.8 Å². The molecule has 1 aromatic carbocycles. The Hall–Kier alpha value is -1.55. The molecule has 0 spiro atoms. The van der Waals surface area contributed by atoms with Crippen LogP contribution in [0.3, 0.4) is 0 Å². The molecule has 2 aliphatic rings. The van der Waals surface area contributed by atoms with Crippen LogP contribution in [-0.4, -0.2) is 80.1 Å². The Bertz CT molecular complexity index is 670. The van der Waals surface area contributed by atoms with Gasteiger partial charge < -0.3 is 20.3 Å². The van der Waals surface area contributed by atoms with E-state index in [9.17, 15) is 4.79 Å². The standard InChI is InChI=1S/C21H33N5O2.HI/c1-16-4-8-19(9-5-16)28-17(2)14-23-21(22-3)26-12-10-25(11-13-26)15-20(27)24-18-6-7-18;/h4-5,8-9,17-18H,6-7,10-15H2,1-3H3,(H,22,23)(H,24,27);1H.